The van der Waals surface area contributed by atoms with Crippen molar-refractivity contribution in [2.75, 3.05) is 19.6 Å². The van der Waals surface area contributed by atoms with E-state index < -0.39 is 17.9 Å². The Labute approximate surface area is 222 Å². The van der Waals surface area contributed by atoms with Crippen molar-refractivity contribution in [3.63, 3.8) is 0 Å². The van der Waals surface area contributed by atoms with Gasteiger partial charge in [0.25, 0.3) is 11.9 Å². The Morgan fingerprint density at radius 3 is 2.14 bits per heavy atom. The number of carbonyl (C=O) groups is 3. The molecule has 1 unspecified atom stereocenters. The normalized spacial score (nSPS) is 17.4. The van der Waals surface area contributed by atoms with Gasteiger partial charge in [-0.05, 0) is 18.4 Å². The summed E-state index contributed by atoms with van der Waals surface area (Å²) < 4.78 is 11.3. The summed E-state index contributed by atoms with van der Waals surface area (Å²) in [6.07, 6.45) is 6.80. The van der Waals surface area contributed by atoms with E-state index in [9.17, 15) is 19.5 Å². The molecule has 2 atom stereocenters. The standard InChI is InChI=1S/C25H32N4O6.Mn/c1-34-24(32)17-28(15-22-26-12-13-27(22)14-19-8-4-3-5-9-19)20-10-6-7-11-21(20)29(16-23(30)31)18-25(33)35-2;/h3-5,8-9,12-13,20-21H,1-2,6-7,10-11,14-18H2,(H,30,31);/q-2;/t20-,21?;/m0./s1. The number of hydrogen-bond acceptors (Lipinski definition) is 8. The molecule has 1 heterocycles. The first-order valence-electron chi connectivity index (χ1n) is 11.5. The molecule has 2 aromatic rings. The van der Waals surface area contributed by atoms with Crippen LogP contribution in [0.4, 0.5) is 0 Å². The van der Waals surface area contributed by atoms with E-state index in [1.54, 1.807) is 11.1 Å². The number of imidazole rings is 1. The van der Waals surface area contributed by atoms with Gasteiger partial charge >= 0.3 is 5.97 Å². The predicted molar refractivity (Wildman–Crippen MR) is 126 cm³/mol. The first-order valence-corrected chi connectivity index (χ1v) is 11.5. The summed E-state index contributed by atoms with van der Waals surface area (Å²) >= 11 is 0. The molecule has 1 aliphatic rings. The number of carboxylic acid groups (broad SMARTS) is 1. The number of aromatic nitrogens is 2. The summed E-state index contributed by atoms with van der Waals surface area (Å²) in [5.74, 6) is -1.40. The minimum absolute atomic E-state index is 0. The van der Waals surface area contributed by atoms with Crippen LogP contribution in [0.5, 0.6) is 0 Å². The Morgan fingerprint density at radius 1 is 0.972 bits per heavy atom. The maximum absolute atomic E-state index is 12.3. The molecule has 1 N–H and O–H groups in total. The maximum Gasteiger partial charge on any atom is 0.317 e. The first-order chi connectivity index (χ1) is 16.9. The van der Waals surface area contributed by atoms with Crippen molar-refractivity contribution in [3.05, 3.63) is 68.3 Å². The van der Waals surface area contributed by atoms with Gasteiger partial charge in [0, 0.05) is 48.1 Å². The molecular weight excluding hydrogens is 507 g/mol. The minimum atomic E-state index is -1.05. The third kappa shape index (κ3) is 8.44. The zero-order valence-electron chi connectivity index (χ0n) is 20.1. The summed E-state index contributed by atoms with van der Waals surface area (Å²) in [6, 6.07) is 9.48. The number of aliphatic carboxylic acids is 1. The molecule has 1 aromatic carbocycles. The van der Waals surface area contributed by atoms with Crippen LogP contribution in [0, 0.1) is 14.2 Å². The average molecular weight is 539 g/mol. The largest absolute Gasteiger partial charge is 0.639 e. The van der Waals surface area contributed by atoms with E-state index in [0.29, 0.717) is 19.5 Å². The molecule has 197 valence electrons. The van der Waals surface area contributed by atoms with Crippen LogP contribution in [0.25, 0.3) is 0 Å². The van der Waals surface area contributed by atoms with Gasteiger partial charge in [0.15, 0.2) is 0 Å². The number of hydrogen-bond donors (Lipinski definition) is 1. The van der Waals surface area contributed by atoms with Crippen molar-refractivity contribution in [2.24, 2.45) is 0 Å². The molecule has 0 aliphatic heterocycles. The molecule has 0 spiro atoms. The molecule has 1 saturated carbocycles. The zero-order valence-corrected chi connectivity index (χ0v) is 21.3. The van der Waals surface area contributed by atoms with Crippen LogP contribution in [0.2, 0.25) is 0 Å². The van der Waals surface area contributed by atoms with Gasteiger partial charge < -0.3 is 19.1 Å². The van der Waals surface area contributed by atoms with Gasteiger partial charge in [-0.1, -0.05) is 43.2 Å². The summed E-state index contributed by atoms with van der Waals surface area (Å²) in [6.45, 7) is 0.401. The fourth-order valence-electron chi connectivity index (χ4n) is 4.72. The molecule has 0 bridgehead atoms. The Balaban J connectivity index is 0.00000456. The Bertz CT molecular complexity index is 986. The molecule has 1 fully saturated rings. The average Bonchev–Trinajstić information content (AvgIpc) is 3.29. The van der Waals surface area contributed by atoms with E-state index in [-0.39, 0.29) is 48.8 Å². The molecule has 3 rings (SSSR count). The van der Waals surface area contributed by atoms with Crippen LogP contribution < -0.4 is 0 Å². The van der Waals surface area contributed by atoms with Gasteiger partial charge in [-0.25, -0.2) is 4.98 Å². The molecule has 1 aliphatic carbocycles. The van der Waals surface area contributed by atoms with E-state index in [4.69, 9.17) is 4.74 Å². The molecule has 10 nitrogen and oxygen atoms in total. The van der Waals surface area contributed by atoms with Crippen molar-refractivity contribution in [1.29, 1.82) is 0 Å². The van der Waals surface area contributed by atoms with E-state index in [0.717, 1.165) is 30.7 Å². The monoisotopic (exact) mass is 539 g/mol. The molecule has 1 aromatic heterocycles. The van der Waals surface area contributed by atoms with Crippen molar-refractivity contribution in [3.8, 4) is 0 Å². The fraction of sp³-hybridized carbons (Fsp3) is 0.440. The smallest absolute Gasteiger partial charge is 0.317 e. The van der Waals surface area contributed by atoms with Gasteiger partial charge in [-0.15, -0.1) is 0 Å². The number of rotatable bonds is 12. The van der Waals surface area contributed by atoms with Crippen molar-refractivity contribution >= 4 is 17.9 Å². The Morgan fingerprint density at radius 2 is 1.56 bits per heavy atom. The van der Waals surface area contributed by atoms with E-state index in [1.807, 2.05) is 46.0 Å². The first kappa shape index (κ1) is 29.5. The van der Waals surface area contributed by atoms with Crippen LogP contribution in [0.15, 0.2) is 42.7 Å². The summed E-state index contributed by atoms with van der Waals surface area (Å²) in [5.41, 5.74) is 1.12. The minimum Gasteiger partial charge on any atom is -0.639 e. The SMILES string of the molecule is [CH2-]OC(=O)CN(CC(=O)O)C1CCCC[C@@H]1N(CC(=O)O[CH2-])Cc1nccn1Cc1ccccc1.[Mn]. The number of ether oxygens (including phenoxy) is 2. The van der Waals surface area contributed by atoms with Gasteiger partial charge in [0.2, 0.25) is 0 Å². The van der Waals surface area contributed by atoms with Crippen LogP contribution >= 0.6 is 0 Å². The van der Waals surface area contributed by atoms with Crippen LogP contribution in [-0.4, -0.2) is 74.1 Å². The molecule has 36 heavy (non-hydrogen) atoms. The van der Waals surface area contributed by atoms with Crippen molar-refractivity contribution in [1.82, 2.24) is 19.4 Å². The fourth-order valence-corrected chi connectivity index (χ4v) is 4.72. The Hall–Kier alpha value is -2.72. The number of nitrogens with zero attached hydrogens (tertiary/aromatic N) is 4. The van der Waals surface area contributed by atoms with Crippen LogP contribution in [0.3, 0.4) is 0 Å². The molecular formula is C25H32MnN4O6-2. The molecule has 1 radical (unpaired) electrons. The van der Waals surface area contributed by atoms with Gasteiger partial charge in [-0.3, -0.25) is 24.2 Å². The van der Waals surface area contributed by atoms with Gasteiger partial charge in [-0.2, -0.15) is 14.2 Å². The predicted octanol–water partition coefficient (Wildman–Crippen LogP) is 2.10. The van der Waals surface area contributed by atoms with Crippen LogP contribution in [-0.2, 0) is 54.0 Å². The summed E-state index contributed by atoms with van der Waals surface area (Å²) in [4.78, 5) is 43.9. The number of carboxylic acids is 1. The summed E-state index contributed by atoms with van der Waals surface area (Å²) in [5, 5.41) is 9.47. The second-order valence-corrected chi connectivity index (χ2v) is 8.61. The van der Waals surface area contributed by atoms with Gasteiger partial charge in [0.1, 0.15) is 5.82 Å². The second kappa shape index (κ2) is 14.7. The zero-order chi connectivity index (χ0) is 25.2. The van der Waals surface area contributed by atoms with Crippen LogP contribution in [0.1, 0.15) is 37.1 Å². The summed E-state index contributed by atoms with van der Waals surface area (Å²) in [7, 11) is 6.39. The molecule has 0 saturated heterocycles. The molecule has 0 amide bonds. The number of esters is 2. The van der Waals surface area contributed by atoms with Crippen molar-refractivity contribution < 1.29 is 46.0 Å². The van der Waals surface area contributed by atoms with Crippen molar-refractivity contribution in [2.45, 2.75) is 50.9 Å². The van der Waals surface area contributed by atoms with E-state index >= 15 is 0 Å². The third-order valence-electron chi connectivity index (χ3n) is 6.30. The maximum atomic E-state index is 12.3. The number of carbonyl (C=O) groups excluding carboxylic acids is 2. The quantitative estimate of drug-likeness (QED) is 0.246. The molecule has 11 heteroatoms. The second-order valence-electron chi connectivity index (χ2n) is 8.61. The van der Waals surface area contributed by atoms with E-state index in [2.05, 4.69) is 23.9 Å². The Kier molecular flexibility index (Phi) is 12.1. The van der Waals surface area contributed by atoms with Gasteiger partial charge in [0.05, 0.1) is 26.2 Å². The van der Waals surface area contributed by atoms with E-state index in [1.165, 1.54) is 0 Å². The number of benzene rings is 1. The topological polar surface area (TPSA) is 114 Å². The third-order valence-corrected chi connectivity index (χ3v) is 6.30.